The lowest BCUT2D eigenvalue weighted by Crippen LogP contribution is -2.31. The van der Waals surface area contributed by atoms with Gasteiger partial charge in [0.2, 0.25) is 0 Å². The molecule has 0 aromatic heterocycles. The van der Waals surface area contributed by atoms with Gasteiger partial charge in [-0.2, -0.15) is 8.42 Å². The predicted molar refractivity (Wildman–Crippen MR) is 150 cm³/mol. The van der Waals surface area contributed by atoms with Crippen LogP contribution in [0.15, 0.2) is 83.9 Å². The van der Waals surface area contributed by atoms with Gasteiger partial charge in [-0.05, 0) is 65.3 Å². The van der Waals surface area contributed by atoms with E-state index in [1.165, 1.54) is 18.2 Å². The summed E-state index contributed by atoms with van der Waals surface area (Å²) in [6.07, 6.45) is 3.34. The molecule has 206 valence electrons. The molecule has 0 saturated heterocycles. The number of phenols is 1. The Kier molecular flexibility index (Phi) is 9.23. The van der Waals surface area contributed by atoms with E-state index < -0.39 is 21.5 Å². The molecular formula is C29H33N3O6S. The lowest BCUT2D eigenvalue weighted by Gasteiger charge is -2.16. The number of aliphatic hydroxyl groups excluding tert-OH is 1. The lowest BCUT2D eigenvalue weighted by molar-refractivity contribution is 0.228. The van der Waals surface area contributed by atoms with Crippen LogP contribution >= 0.6 is 0 Å². The molecule has 2 bridgehead atoms. The second-order valence-electron chi connectivity index (χ2n) is 9.49. The average molecular weight is 552 g/mol. The van der Waals surface area contributed by atoms with Crippen LogP contribution in [0.25, 0.3) is 0 Å². The maximum Gasteiger partial charge on any atom is 0.268 e. The van der Waals surface area contributed by atoms with Crippen molar-refractivity contribution in [1.82, 2.24) is 5.32 Å². The first-order valence-electron chi connectivity index (χ1n) is 12.6. The number of nitrogens with zero attached hydrogens (tertiary/aromatic N) is 1. The van der Waals surface area contributed by atoms with Gasteiger partial charge >= 0.3 is 0 Å². The van der Waals surface area contributed by atoms with Crippen molar-refractivity contribution in [2.75, 3.05) is 6.73 Å². The van der Waals surface area contributed by atoms with Crippen molar-refractivity contribution in [2.45, 2.75) is 43.6 Å². The number of hydrogen-bond acceptors (Lipinski definition) is 8. The van der Waals surface area contributed by atoms with E-state index in [9.17, 15) is 23.2 Å². The van der Waals surface area contributed by atoms with Crippen LogP contribution in [0.3, 0.4) is 0 Å². The molecule has 0 saturated carbocycles. The van der Waals surface area contributed by atoms with E-state index in [0.29, 0.717) is 36.7 Å². The number of phenolic OH excluding ortho intramolecular Hbond substituents is 1. The molecule has 9 nitrogen and oxygen atoms in total. The number of nitrogens with two attached hydrogens (primary N) is 1. The molecule has 2 atom stereocenters. The molecule has 6 N–H and O–H groups in total. The zero-order chi connectivity index (χ0) is 27.8. The van der Waals surface area contributed by atoms with Crippen LogP contribution < -0.4 is 15.8 Å². The van der Waals surface area contributed by atoms with Gasteiger partial charge in [-0.15, -0.1) is 0 Å². The average Bonchev–Trinajstić information content (AvgIpc) is 2.89. The van der Waals surface area contributed by atoms with E-state index in [2.05, 4.69) is 16.4 Å². The number of guanidine groups is 1. The molecule has 1 heterocycles. The van der Waals surface area contributed by atoms with Gasteiger partial charge in [-0.3, -0.25) is 4.55 Å². The number of allylic oxidation sites excluding steroid dienone is 1. The molecule has 0 unspecified atom stereocenters. The van der Waals surface area contributed by atoms with Crippen LogP contribution in [-0.4, -0.2) is 41.1 Å². The summed E-state index contributed by atoms with van der Waals surface area (Å²) < 4.78 is 39.9. The van der Waals surface area contributed by atoms with Crippen molar-refractivity contribution >= 4 is 16.1 Å². The van der Waals surface area contributed by atoms with Crippen LogP contribution in [0.4, 0.5) is 0 Å². The standard InChI is InChI=1S/C29H33N3O6S/c30-29-31-18-22-4-1-3-21(15-22)17-24-16-20(8-14-28(24)38-19-32-29)7-13-26(39(35,36)37)5-2-6-27(34)23-9-11-25(33)12-10-23/h1-4,6,8-12,14-16,26-27,33-34H,5,7,13,17-19H2,(H3,30,31,32)(H,35,36,37)/t26-,27+/m0/s1. The number of aliphatic hydroxyl groups is 1. The van der Waals surface area contributed by atoms with Gasteiger partial charge in [0.05, 0.1) is 11.4 Å². The summed E-state index contributed by atoms with van der Waals surface area (Å²) in [6, 6.07) is 19.9. The molecule has 3 aromatic carbocycles. The first kappa shape index (κ1) is 28.2. The zero-order valence-corrected chi connectivity index (χ0v) is 22.2. The number of aromatic hydroxyl groups is 1. The molecular weight excluding hydrogens is 518 g/mol. The summed E-state index contributed by atoms with van der Waals surface area (Å²) in [4.78, 5) is 4.20. The molecule has 1 aliphatic rings. The minimum absolute atomic E-state index is 0.0439. The van der Waals surface area contributed by atoms with Crippen LogP contribution in [0.1, 0.15) is 46.8 Å². The van der Waals surface area contributed by atoms with Crippen LogP contribution in [0, 0.1) is 0 Å². The molecule has 39 heavy (non-hydrogen) atoms. The second-order valence-corrected chi connectivity index (χ2v) is 11.2. The quantitative estimate of drug-likeness (QED) is 0.210. The van der Waals surface area contributed by atoms with Crippen molar-refractivity contribution in [3.05, 3.63) is 107 Å². The molecule has 0 fully saturated rings. The van der Waals surface area contributed by atoms with Gasteiger partial charge in [0, 0.05) is 13.0 Å². The van der Waals surface area contributed by atoms with Gasteiger partial charge < -0.3 is 26.0 Å². The summed E-state index contributed by atoms with van der Waals surface area (Å²) in [5.74, 6) is 1.04. The normalized spacial score (nSPS) is 15.6. The number of benzene rings is 3. The fourth-order valence-corrected chi connectivity index (χ4v) is 5.18. The minimum Gasteiger partial charge on any atom is -0.508 e. The highest BCUT2D eigenvalue weighted by Crippen LogP contribution is 2.26. The summed E-state index contributed by atoms with van der Waals surface area (Å²) >= 11 is 0. The molecule has 0 aliphatic carbocycles. The topological polar surface area (TPSA) is 154 Å². The molecule has 0 spiro atoms. The Morgan fingerprint density at radius 1 is 1.08 bits per heavy atom. The third-order valence-corrected chi connectivity index (χ3v) is 7.84. The van der Waals surface area contributed by atoms with E-state index in [1.54, 1.807) is 18.2 Å². The Morgan fingerprint density at radius 2 is 1.85 bits per heavy atom. The summed E-state index contributed by atoms with van der Waals surface area (Å²) in [6.45, 7) is 0.611. The third kappa shape index (κ3) is 8.31. The molecule has 10 heteroatoms. The van der Waals surface area contributed by atoms with Crippen molar-refractivity contribution in [3.63, 3.8) is 0 Å². The van der Waals surface area contributed by atoms with Gasteiger partial charge in [0.25, 0.3) is 10.1 Å². The fourth-order valence-electron chi connectivity index (χ4n) is 4.41. The van der Waals surface area contributed by atoms with Crippen LogP contribution in [-0.2, 0) is 29.5 Å². The fraction of sp³-hybridized carbons (Fsp3) is 0.276. The zero-order valence-electron chi connectivity index (χ0n) is 21.4. The maximum absolute atomic E-state index is 12.1. The minimum atomic E-state index is -4.31. The largest absolute Gasteiger partial charge is 0.508 e. The van der Waals surface area contributed by atoms with Gasteiger partial charge in [-0.25, -0.2) is 4.99 Å². The van der Waals surface area contributed by atoms with E-state index in [4.69, 9.17) is 10.5 Å². The first-order chi connectivity index (χ1) is 18.7. The number of rotatable bonds is 8. The SMILES string of the molecule is NC1=NCOc2ccc(CC[C@H](CC=C[C@@H](O)c3ccc(O)cc3)S(=O)(=O)O)cc2Cc2cccc(c2)CN1. The molecule has 1 aliphatic heterocycles. The number of fused-ring (bicyclic) bond motifs is 3. The Labute approximate surface area is 228 Å². The molecule has 4 rings (SSSR count). The maximum atomic E-state index is 12.1. The number of aliphatic imine (C=N–C) groups is 1. The van der Waals surface area contributed by atoms with E-state index >= 15 is 0 Å². The number of hydrogen-bond donors (Lipinski definition) is 5. The molecule has 0 amide bonds. The Morgan fingerprint density at radius 3 is 2.62 bits per heavy atom. The summed E-state index contributed by atoms with van der Waals surface area (Å²) in [5.41, 5.74) is 10.5. The van der Waals surface area contributed by atoms with Crippen molar-refractivity contribution in [3.8, 4) is 11.5 Å². The Hall–Kier alpha value is -3.86. The monoisotopic (exact) mass is 551 g/mol. The summed E-state index contributed by atoms with van der Waals surface area (Å²) in [7, 11) is -4.31. The van der Waals surface area contributed by atoms with E-state index in [1.807, 2.05) is 36.4 Å². The molecule has 0 radical (unpaired) electrons. The van der Waals surface area contributed by atoms with E-state index in [0.717, 1.165) is 22.3 Å². The van der Waals surface area contributed by atoms with Gasteiger partial charge in [0.15, 0.2) is 12.7 Å². The second kappa shape index (κ2) is 12.8. The van der Waals surface area contributed by atoms with Crippen molar-refractivity contribution in [2.24, 2.45) is 10.7 Å². The smallest absolute Gasteiger partial charge is 0.268 e. The number of ether oxygens (including phenoxy) is 1. The van der Waals surface area contributed by atoms with Gasteiger partial charge in [-0.1, -0.05) is 60.7 Å². The first-order valence-corrected chi connectivity index (χ1v) is 14.1. The van der Waals surface area contributed by atoms with Crippen LogP contribution in [0.5, 0.6) is 11.5 Å². The highest BCUT2D eigenvalue weighted by Gasteiger charge is 2.22. The summed E-state index contributed by atoms with van der Waals surface area (Å²) in [5, 5.41) is 21.7. The number of nitrogens with one attached hydrogen (secondary N) is 1. The Balaban J connectivity index is 1.47. The molecule has 3 aromatic rings. The number of aryl methyl sites for hydroxylation is 1. The van der Waals surface area contributed by atoms with Crippen molar-refractivity contribution in [1.29, 1.82) is 0 Å². The van der Waals surface area contributed by atoms with Crippen LogP contribution in [0.2, 0.25) is 0 Å². The van der Waals surface area contributed by atoms with Crippen molar-refractivity contribution < 1.29 is 27.9 Å². The third-order valence-electron chi connectivity index (χ3n) is 6.57. The highest BCUT2D eigenvalue weighted by atomic mass is 32.2. The highest BCUT2D eigenvalue weighted by molar-refractivity contribution is 7.86. The predicted octanol–water partition coefficient (Wildman–Crippen LogP) is 3.61. The van der Waals surface area contributed by atoms with Gasteiger partial charge in [0.1, 0.15) is 11.5 Å². The lowest BCUT2D eigenvalue weighted by atomic mass is 9.98. The van der Waals surface area contributed by atoms with E-state index in [-0.39, 0.29) is 25.3 Å². The Bertz CT molecular complexity index is 1440.